The summed E-state index contributed by atoms with van der Waals surface area (Å²) in [6.07, 6.45) is 3.31. The summed E-state index contributed by atoms with van der Waals surface area (Å²) in [5.74, 6) is 2.66. The molecule has 2 aliphatic heterocycles. The second-order valence-corrected chi connectivity index (χ2v) is 8.77. The van der Waals surface area contributed by atoms with E-state index in [2.05, 4.69) is 55.1 Å². The maximum atomic E-state index is 5.59. The number of nitrogens with one attached hydrogen (secondary N) is 1. The lowest BCUT2D eigenvalue weighted by atomic mass is 9.92. The Bertz CT molecular complexity index is 650. The molecule has 0 spiro atoms. The Kier molecular flexibility index (Phi) is 9.14. The third kappa shape index (κ3) is 5.82. The molecule has 1 N–H and O–H groups in total. The van der Waals surface area contributed by atoms with Crippen molar-refractivity contribution in [2.45, 2.75) is 46.1 Å². The number of aliphatic imine (C=N–C) groups is 1. The second kappa shape index (κ2) is 11.8. The number of anilines is 1. The van der Waals surface area contributed by atoms with Crippen LogP contribution in [-0.2, 0) is 11.2 Å². The number of aryl methyl sites for hydroxylation is 1. The van der Waals surface area contributed by atoms with Gasteiger partial charge in [0.2, 0.25) is 5.13 Å². The zero-order valence-electron chi connectivity index (χ0n) is 19.1. The molecule has 0 saturated carbocycles. The summed E-state index contributed by atoms with van der Waals surface area (Å²) in [5.41, 5.74) is 0. The van der Waals surface area contributed by atoms with Crippen molar-refractivity contribution in [2.24, 2.45) is 10.9 Å². The molecule has 2 fully saturated rings. The number of guanidine groups is 1. The third-order valence-electron chi connectivity index (χ3n) is 6.41. The van der Waals surface area contributed by atoms with Crippen molar-refractivity contribution < 1.29 is 4.74 Å². The first-order valence-corrected chi connectivity index (χ1v) is 12.3. The van der Waals surface area contributed by atoms with Crippen LogP contribution in [0.2, 0.25) is 0 Å². The van der Waals surface area contributed by atoms with Crippen molar-refractivity contribution in [2.75, 3.05) is 71.0 Å². The van der Waals surface area contributed by atoms with Crippen LogP contribution in [0, 0.1) is 5.92 Å². The highest BCUT2D eigenvalue weighted by molar-refractivity contribution is 7.09. The van der Waals surface area contributed by atoms with Crippen LogP contribution in [0.15, 0.2) is 4.99 Å². The van der Waals surface area contributed by atoms with Gasteiger partial charge in [0.25, 0.3) is 0 Å². The molecule has 3 rings (SSSR count). The lowest BCUT2D eigenvalue weighted by molar-refractivity contribution is 0.00259. The summed E-state index contributed by atoms with van der Waals surface area (Å²) in [7, 11) is 1.90. The normalized spacial score (nSPS) is 20.1. The average Bonchev–Trinajstić information content (AvgIpc) is 3.29. The van der Waals surface area contributed by atoms with E-state index in [0.29, 0.717) is 12.0 Å². The standard InChI is InChI=1S/C21H39N7OS/c1-5-17(6-2)18(26-12-14-29-15-13-26)16-23-20(22-4)27-8-10-28(11-9-27)21-24-19(7-3)25-30-21/h17-18H,5-16H2,1-4H3,(H,22,23). The SMILES string of the molecule is CCc1nsc(N2CCN(C(=NC)NCC(C(CC)CC)N3CCOCC3)CC2)n1. The van der Waals surface area contributed by atoms with Gasteiger partial charge in [-0.25, -0.2) is 4.98 Å². The summed E-state index contributed by atoms with van der Waals surface area (Å²) in [6, 6.07) is 0.524. The van der Waals surface area contributed by atoms with Crippen molar-refractivity contribution in [3.63, 3.8) is 0 Å². The van der Waals surface area contributed by atoms with Gasteiger partial charge in [-0.3, -0.25) is 9.89 Å². The van der Waals surface area contributed by atoms with Crippen molar-refractivity contribution in [3.05, 3.63) is 5.82 Å². The van der Waals surface area contributed by atoms with E-state index in [9.17, 15) is 0 Å². The molecule has 170 valence electrons. The summed E-state index contributed by atoms with van der Waals surface area (Å²) in [6.45, 7) is 15.2. The molecule has 1 aromatic heterocycles. The molecular formula is C21H39N7OS. The van der Waals surface area contributed by atoms with Crippen LogP contribution in [-0.4, -0.2) is 97.2 Å². The Balaban J connectivity index is 1.55. The average molecular weight is 438 g/mol. The van der Waals surface area contributed by atoms with Crippen LogP contribution in [0.4, 0.5) is 5.13 Å². The molecule has 2 saturated heterocycles. The molecule has 8 nitrogen and oxygen atoms in total. The summed E-state index contributed by atoms with van der Waals surface area (Å²) < 4.78 is 10.0. The van der Waals surface area contributed by atoms with E-state index >= 15 is 0 Å². The van der Waals surface area contributed by atoms with Gasteiger partial charge in [-0.1, -0.05) is 33.6 Å². The van der Waals surface area contributed by atoms with Crippen molar-refractivity contribution in [1.29, 1.82) is 0 Å². The first kappa shape index (κ1) is 23.2. The molecule has 0 aliphatic carbocycles. The van der Waals surface area contributed by atoms with E-state index in [-0.39, 0.29) is 0 Å². The molecule has 1 atom stereocenters. The predicted octanol–water partition coefficient (Wildman–Crippen LogP) is 1.93. The molecule has 30 heavy (non-hydrogen) atoms. The molecule has 1 aromatic rings. The van der Waals surface area contributed by atoms with Crippen LogP contribution in [0.1, 0.15) is 39.4 Å². The summed E-state index contributed by atoms with van der Waals surface area (Å²) in [4.78, 5) is 16.6. The van der Waals surface area contributed by atoms with Gasteiger partial charge in [0, 0.05) is 76.9 Å². The van der Waals surface area contributed by atoms with Gasteiger partial charge >= 0.3 is 0 Å². The number of hydrogen-bond donors (Lipinski definition) is 1. The highest BCUT2D eigenvalue weighted by Gasteiger charge is 2.28. The Morgan fingerprint density at radius 1 is 1.10 bits per heavy atom. The third-order valence-corrected chi connectivity index (χ3v) is 7.23. The van der Waals surface area contributed by atoms with Gasteiger partial charge in [0.15, 0.2) is 5.96 Å². The van der Waals surface area contributed by atoms with Gasteiger partial charge in [-0.2, -0.15) is 4.37 Å². The van der Waals surface area contributed by atoms with Gasteiger partial charge < -0.3 is 19.9 Å². The Morgan fingerprint density at radius 3 is 2.37 bits per heavy atom. The minimum absolute atomic E-state index is 0.524. The lowest BCUT2D eigenvalue weighted by Gasteiger charge is -2.40. The number of morpholine rings is 1. The zero-order valence-corrected chi connectivity index (χ0v) is 20.0. The van der Waals surface area contributed by atoms with Gasteiger partial charge in [0.05, 0.1) is 13.2 Å². The fourth-order valence-corrected chi connectivity index (χ4v) is 5.29. The number of piperazine rings is 1. The van der Waals surface area contributed by atoms with E-state index in [0.717, 1.165) is 82.4 Å². The summed E-state index contributed by atoms with van der Waals surface area (Å²) >= 11 is 1.52. The zero-order chi connectivity index (χ0) is 21.3. The van der Waals surface area contributed by atoms with E-state index < -0.39 is 0 Å². The number of aromatic nitrogens is 2. The van der Waals surface area contributed by atoms with Crippen LogP contribution >= 0.6 is 11.5 Å². The summed E-state index contributed by atoms with van der Waals surface area (Å²) in [5, 5.41) is 4.75. The highest BCUT2D eigenvalue weighted by Crippen LogP contribution is 2.21. The maximum absolute atomic E-state index is 5.59. The van der Waals surface area contributed by atoms with Gasteiger partial charge in [0.1, 0.15) is 5.82 Å². The van der Waals surface area contributed by atoms with E-state index in [1.54, 1.807) is 0 Å². The van der Waals surface area contributed by atoms with Crippen molar-refractivity contribution >= 4 is 22.6 Å². The Hall–Kier alpha value is -1.45. The number of nitrogens with zero attached hydrogens (tertiary/aromatic N) is 6. The van der Waals surface area contributed by atoms with Crippen LogP contribution in [0.5, 0.6) is 0 Å². The minimum Gasteiger partial charge on any atom is -0.379 e. The molecule has 1 unspecified atom stereocenters. The molecule has 0 aromatic carbocycles. The van der Waals surface area contributed by atoms with Crippen LogP contribution < -0.4 is 10.2 Å². The number of rotatable bonds is 8. The van der Waals surface area contributed by atoms with Crippen molar-refractivity contribution in [1.82, 2.24) is 24.5 Å². The topological polar surface area (TPSA) is 69.1 Å². The fraction of sp³-hybridized carbons (Fsp3) is 0.857. The molecule has 0 bridgehead atoms. The molecular weight excluding hydrogens is 398 g/mol. The first-order valence-electron chi connectivity index (χ1n) is 11.5. The van der Waals surface area contributed by atoms with Crippen LogP contribution in [0.25, 0.3) is 0 Å². The molecule has 9 heteroatoms. The minimum atomic E-state index is 0.524. The number of ether oxygens (including phenoxy) is 1. The monoisotopic (exact) mass is 437 g/mol. The maximum Gasteiger partial charge on any atom is 0.205 e. The van der Waals surface area contributed by atoms with Gasteiger partial charge in [-0.15, -0.1) is 0 Å². The lowest BCUT2D eigenvalue weighted by Crippen LogP contribution is -2.56. The Labute approximate surface area is 185 Å². The molecule has 3 heterocycles. The smallest absolute Gasteiger partial charge is 0.205 e. The molecule has 0 amide bonds. The highest BCUT2D eigenvalue weighted by atomic mass is 32.1. The fourth-order valence-electron chi connectivity index (χ4n) is 4.49. The van der Waals surface area contributed by atoms with Crippen LogP contribution in [0.3, 0.4) is 0 Å². The predicted molar refractivity (Wildman–Crippen MR) is 125 cm³/mol. The molecule has 0 radical (unpaired) electrons. The van der Waals surface area contributed by atoms with Gasteiger partial charge in [-0.05, 0) is 5.92 Å². The first-order chi connectivity index (χ1) is 14.7. The Morgan fingerprint density at radius 2 is 1.80 bits per heavy atom. The van der Waals surface area contributed by atoms with E-state index in [1.807, 2.05) is 7.05 Å². The van der Waals surface area contributed by atoms with Crippen molar-refractivity contribution in [3.8, 4) is 0 Å². The largest absolute Gasteiger partial charge is 0.379 e. The number of hydrogen-bond acceptors (Lipinski definition) is 7. The van der Waals surface area contributed by atoms with E-state index in [1.165, 1.54) is 24.4 Å². The molecule has 2 aliphatic rings. The quantitative estimate of drug-likeness (QED) is 0.492. The van der Waals surface area contributed by atoms with E-state index in [4.69, 9.17) is 4.74 Å². The second-order valence-electron chi connectivity index (χ2n) is 8.04.